The standard InChI is InChI=1S/C19H24N4O4/c1-2-26-16-5-3-14(4-6-16)13-23-9-8-20-19(25)17(23)11-18(24)21-12-15-7-10-27-22-15/h3-7,10,17H,2,8-9,11-13H2,1H3,(H,20,25)(H,21,24)/t17-/m0/s1. The van der Waals surface area contributed by atoms with Gasteiger partial charge in [-0.1, -0.05) is 17.3 Å². The molecule has 0 radical (unpaired) electrons. The second-order valence-corrected chi connectivity index (χ2v) is 6.33. The fraction of sp³-hybridized carbons (Fsp3) is 0.421. The number of piperazine rings is 1. The monoisotopic (exact) mass is 372 g/mol. The lowest BCUT2D eigenvalue weighted by Gasteiger charge is -2.34. The lowest BCUT2D eigenvalue weighted by molar-refractivity contribution is -0.134. The number of aromatic nitrogens is 1. The van der Waals surface area contributed by atoms with Crippen molar-refractivity contribution < 1.29 is 18.8 Å². The number of carbonyl (C=O) groups is 2. The van der Waals surface area contributed by atoms with Crippen LogP contribution >= 0.6 is 0 Å². The van der Waals surface area contributed by atoms with Crippen molar-refractivity contribution in [2.75, 3.05) is 19.7 Å². The molecule has 1 aromatic carbocycles. The van der Waals surface area contributed by atoms with Gasteiger partial charge in [-0.05, 0) is 24.6 Å². The van der Waals surface area contributed by atoms with Gasteiger partial charge in [0, 0.05) is 25.7 Å². The smallest absolute Gasteiger partial charge is 0.237 e. The van der Waals surface area contributed by atoms with Crippen LogP contribution in [0, 0.1) is 0 Å². The molecule has 1 atom stereocenters. The second kappa shape index (κ2) is 9.18. The fourth-order valence-electron chi connectivity index (χ4n) is 3.03. The van der Waals surface area contributed by atoms with E-state index in [1.165, 1.54) is 6.26 Å². The Kier molecular flexibility index (Phi) is 6.43. The van der Waals surface area contributed by atoms with Crippen molar-refractivity contribution in [2.45, 2.75) is 32.5 Å². The van der Waals surface area contributed by atoms with E-state index in [-0.39, 0.29) is 24.8 Å². The molecule has 1 saturated heterocycles. The molecule has 0 bridgehead atoms. The van der Waals surface area contributed by atoms with Crippen LogP contribution in [0.3, 0.4) is 0 Å². The molecule has 3 rings (SSSR count). The Balaban J connectivity index is 1.58. The lowest BCUT2D eigenvalue weighted by Crippen LogP contribution is -2.56. The number of nitrogens with zero attached hydrogens (tertiary/aromatic N) is 2. The average Bonchev–Trinajstić information content (AvgIpc) is 3.18. The van der Waals surface area contributed by atoms with Gasteiger partial charge in [0.15, 0.2) is 0 Å². The van der Waals surface area contributed by atoms with Gasteiger partial charge in [-0.15, -0.1) is 0 Å². The Morgan fingerprint density at radius 3 is 2.89 bits per heavy atom. The minimum absolute atomic E-state index is 0.0979. The maximum atomic E-state index is 12.3. The number of rotatable bonds is 8. The molecular weight excluding hydrogens is 348 g/mol. The summed E-state index contributed by atoms with van der Waals surface area (Å²) >= 11 is 0. The summed E-state index contributed by atoms with van der Waals surface area (Å²) in [5, 5.41) is 9.37. The molecule has 8 nitrogen and oxygen atoms in total. The molecule has 2 heterocycles. The van der Waals surface area contributed by atoms with Gasteiger partial charge in [0.25, 0.3) is 0 Å². The third-order valence-electron chi connectivity index (χ3n) is 4.40. The van der Waals surface area contributed by atoms with Crippen LogP contribution in [0.5, 0.6) is 5.75 Å². The summed E-state index contributed by atoms with van der Waals surface area (Å²) in [6.07, 6.45) is 1.55. The molecule has 1 aromatic heterocycles. The van der Waals surface area contributed by atoms with E-state index in [1.807, 2.05) is 36.1 Å². The number of ether oxygens (including phenoxy) is 1. The van der Waals surface area contributed by atoms with E-state index in [1.54, 1.807) is 6.07 Å². The summed E-state index contributed by atoms with van der Waals surface area (Å²) in [5.41, 5.74) is 1.71. The van der Waals surface area contributed by atoms with E-state index >= 15 is 0 Å². The van der Waals surface area contributed by atoms with E-state index in [4.69, 9.17) is 9.26 Å². The van der Waals surface area contributed by atoms with Gasteiger partial charge in [-0.2, -0.15) is 0 Å². The maximum absolute atomic E-state index is 12.3. The normalized spacial score (nSPS) is 17.4. The highest BCUT2D eigenvalue weighted by atomic mass is 16.5. The van der Waals surface area contributed by atoms with E-state index < -0.39 is 6.04 Å². The highest BCUT2D eigenvalue weighted by Gasteiger charge is 2.31. The van der Waals surface area contributed by atoms with Crippen LogP contribution in [0.4, 0.5) is 0 Å². The first-order chi connectivity index (χ1) is 13.2. The van der Waals surface area contributed by atoms with E-state index in [0.717, 1.165) is 11.3 Å². The number of benzene rings is 1. The molecule has 0 spiro atoms. The first kappa shape index (κ1) is 18.9. The summed E-state index contributed by atoms with van der Waals surface area (Å²) in [6.45, 7) is 4.71. The second-order valence-electron chi connectivity index (χ2n) is 6.33. The van der Waals surface area contributed by atoms with Gasteiger partial charge < -0.3 is 19.9 Å². The quantitative estimate of drug-likeness (QED) is 0.720. The molecular formula is C19H24N4O4. The van der Waals surface area contributed by atoms with E-state index in [0.29, 0.717) is 31.9 Å². The van der Waals surface area contributed by atoms with E-state index in [9.17, 15) is 9.59 Å². The fourth-order valence-corrected chi connectivity index (χ4v) is 3.03. The number of nitrogens with one attached hydrogen (secondary N) is 2. The molecule has 0 unspecified atom stereocenters. The maximum Gasteiger partial charge on any atom is 0.237 e. The molecule has 2 amide bonds. The van der Waals surface area contributed by atoms with Crippen molar-refractivity contribution in [2.24, 2.45) is 0 Å². The summed E-state index contributed by atoms with van der Waals surface area (Å²) in [6, 6.07) is 9.00. The van der Waals surface area contributed by atoms with E-state index in [2.05, 4.69) is 15.8 Å². The van der Waals surface area contributed by atoms with Crippen LogP contribution in [0.25, 0.3) is 0 Å². The Morgan fingerprint density at radius 2 is 2.19 bits per heavy atom. The first-order valence-corrected chi connectivity index (χ1v) is 9.05. The molecule has 1 aliphatic rings. The van der Waals surface area contributed by atoms with Crippen molar-refractivity contribution >= 4 is 11.8 Å². The number of hydrogen-bond donors (Lipinski definition) is 2. The zero-order valence-corrected chi connectivity index (χ0v) is 15.3. The van der Waals surface area contributed by atoms with Gasteiger partial charge in [0.1, 0.15) is 17.7 Å². The highest BCUT2D eigenvalue weighted by Crippen LogP contribution is 2.17. The summed E-state index contributed by atoms with van der Waals surface area (Å²) in [4.78, 5) is 26.6. The summed E-state index contributed by atoms with van der Waals surface area (Å²) < 4.78 is 10.2. The van der Waals surface area contributed by atoms with Crippen molar-refractivity contribution in [1.29, 1.82) is 0 Å². The van der Waals surface area contributed by atoms with Crippen molar-refractivity contribution in [1.82, 2.24) is 20.7 Å². The third-order valence-corrected chi connectivity index (χ3v) is 4.40. The van der Waals surface area contributed by atoms with Gasteiger partial charge in [0.05, 0.1) is 25.6 Å². The Bertz CT molecular complexity index is 746. The van der Waals surface area contributed by atoms with Crippen molar-refractivity contribution in [3.8, 4) is 5.75 Å². The molecule has 2 N–H and O–H groups in total. The molecule has 2 aromatic rings. The Hall–Kier alpha value is -2.87. The molecule has 8 heteroatoms. The van der Waals surface area contributed by atoms with Crippen LogP contribution in [-0.4, -0.2) is 47.6 Å². The van der Waals surface area contributed by atoms with Crippen LogP contribution in [0.15, 0.2) is 41.1 Å². The van der Waals surface area contributed by atoms with Crippen LogP contribution in [-0.2, 0) is 22.7 Å². The largest absolute Gasteiger partial charge is 0.494 e. The van der Waals surface area contributed by atoms with Crippen LogP contribution in [0.1, 0.15) is 24.6 Å². The number of hydrogen-bond acceptors (Lipinski definition) is 6. The molecule has 1 aliphatic heterocycles. The molecule has 27 heavy (non-hydrogen) atoms. The van der Waals surface area contributed by atoms with Crippen LogP contribution in [0.2, 0.25) is 0 Å². The summed E-state index contributed by atoms with van der Waals surface area (Å²) in [5.74, 6) is 0.502. The Labute approximate surface area is 157 Å². The summed E-state index contributed by atoms with van der Waals surface area (Å²) in [7, 11) is 0. The minimum atomic E-state index is -0.498. The van der Waals surface area contributed by atoms with Crippen LogP contribution < -0.4 is 15.4 Å². The molecule has 1 fully saturated rings. The van der Waals surface area contributed by atoms with Gasteiger partial charge in [0.2, 0.25) is 11.8 Å². The molecule has 144 valence electrons. The molecule has 0 saturated carbocycles. The van der Waals surface area contributed by atoms with Crippen molar-refractivity contribution in [3.63, 3.8) is 0 Å². The van der Waals surface area contributed by atoms with Gasteiger partial charge in [-0.25, -0.2) is 0 Å². The molecule has 0 aliphatic carbocycles. The third kappa shape index (κ3) is 5.30. The number of amides is 2. The topological polar surface area (TPSA) is 96.7 Å². The predicted molar refractivity (Wildman–Crippen MR) is 97.8 cm³/mol. The number of carbonyl (C=O) groups excluding carboxylic acids is 2. The zero-order valence-electron chi connectivity index (χ0n) is 15.3. The van der Waals surface area contributed by atoms with Gasteiger partial charge >= 0.3 is 0 Å². The SMILES string of the molecule is CCOc1ccc(CN2CCNC(=O)[C@@H]2CC(=O)NCc2ccon2)cc1. The average molecular weight is 372 g/mol. The first-order valence-electron chi connectivity index (χ1n) is 9.05. The highest BCUT2D eigenvalue weighted by molar-refractivity contribution is 5.88. The predicted octanol–water partition coefficient (Wildman–Crippen LogP) is 1.08. The lowest BCUT2D eigenvalue weighted by atomic mass is 10.1. The zero-order chi connectivity index (χ0) is 19.1. The minimum Gasteiger partial charge on any atom is -0.494 e. The van der Waals surface area contributed by atoms with Gasteiger partial charge in [-0.3, -0.25) is 14.5 Å². The van der Waals surface area contributed by atoms with Crippen molar-refractivity contribution in [3.05, 3.63) is 47.9 Å². The Morgan fingerprint density at radius 1 is 1.37 bits per heavy atom.